The van der Waals surface area contributed by atoms with Crippen LogP contribution in [0.3, 0.4) is 0 Å². The molecule has 0 saturated heterocycles. The fourth-order valence-electron chi connectivity index (χ4n) is 2.73. The van der Waals surface area contributed by atoms with Crippen LogP contribution in [-0.2, 0) is 19.0 Å². The van der Waals surface area contributed by atoms with Crippen LogP contribution in [0.4, 0.5) is 0 Å². The van der Waals surface area contributed by atoms with Gasteiger partial charge < -0.3 is 10.6 Å². The van der Waals surface area contributed by atoms with Crippen molar-refractivity contribution in [3.63, 3.8) is 0 Å². The van der Waals surface area contributed by atoms with E-state index >= 15 is 0 Å². The van der Waals surface area contributed by atoms with Crippen LogP contribution in [0, 0.1) is 0 Å². The molecule has 0 spiro atoms. The smallest absolute Gasteiger partial charge is 0.191 e. The Morgan fingerprint density at radius 1 is 1.23 bits per heavy atom. The zero-order valence-corrected chi connectivity index (χ0v) is 13.2. The second-order valence-corrected chi connectivity index (χ2v) is 5.87. The summed E-state index contributed by atoms with van der Waals surface area (Å²) in [6, 6.07) is 12.8. The van der Waals surface area contributed by atoms with E-state index in [9.17, 15) is 0 Å². The van der Waals surface area contributed by atoms with E-state index in [4.69, 9.17) is 0 Å². The monoisotopic (exact) mass is 297 g/mol. The minimum atomic E-state index is 0.283. The largest absolute Gasteiger partial charge is 0.356 e. The minimum absolute atomic E-state index is 0.283. The van der Waals surface area contributed by atoms with Crippen molar-refractivity contribution >= 4 is 5.96 Å². The normalized spacial score (nSPS) is 16.4. The third-order valence-electron chi connectivity index (χ3n) is 4.42. The molecule has 1 fully saturated rings. The third-order valence-corrected chi connectivity index (χ3v) is 4.42. The van der Waals surface area contributed by atoms with Crippen molar-refractivity contribution in [2.24, 2.45) is 12.0 Å². The number of rotatable bonds is 5. The molecular formula is C17H23N5. The van der Waals surface area contributed by atoms with Gasteiger partial charge in [-0.3, -0.25) is 9.67 Å². The summed E-state index contributed by atoms with van der Waals surface area (Å²) in [4.78, 5) is 4.31. The van der Waals surface area contributed by atoms with E-state index in [1.807, 2.05) is 24.0 Å². The first-order valence-electron chi connectivity index (χ1n) is 7.70. The van der Waals surface area contributed by atoms with E-state index in [0.29, 0.717) is 6.54 Å². The molecule has 0 atom stereocenters. The molecule has 0 unspecified atom stereocenters. The Bertz CT molecular complexity index is 640. The van der Waals surface area contributed by atoms with Gasteiger partial charge in [-0.1, -0.05) is 30.3 Å². The molecular weight excluding hydrogens is 274 g/mol. The summed E-state index contributed by atoms with van der Waals surface area (Å²) in [5, 5.41) is 11.0. The lowest BCUT2D eigenvalue weighted by atomic mass is 9.96. The van der Waals surface area contributed by atoms with Gasteiger partial charge in [-0.05, 0) is 24.5 Å². The molecule has 5 heteroatoms. The molecule has 2 aromatic rings. The first-order chi connectivity index (χ1) is 10.7. The predicted octanol–water partition coefficient (Wildman–Crippen LogP) is 1.82. The summed E-state index contributed by atoms with van der Waals surface area (Å²) in [5.74, 6) is 0.836. The summed E-state index contributed by atoms with van der Waals surface area (Å²) in [6.07, 6.45) is 4.28. The molecule has 5 nitrogen and oxygen atoms in total. The lowest BCUT2D eigenvalue weighted by Gasteiger charge is -2.19. The highest BCUT2D eigenvalue weighted by Gasteiger charge is 2.43. The highest BCUT2D eigenvalue weighted by atomic mass is 15.3. The number of aliphatic imine (C=N–C) groups is 1. The average Bonchev–Trinajstić information content (AvgIpc) is 3.25. The molecule has 3 rings (SSSR count). The number of hydrogen-bond donors (Lipinski definition) is 2. The van der Waals surface area contributed by atoms with Crippen molar-refractivity contribution in [1.29, 1.82) is 0 Å². The average molecular weight is 297 g/mol. The second-order valence-electron chi connectivity index (χ2n) is 5.87. The van der Waals surface area contributed by atoms with Crippen molar-refractivity contribution in [2.45, 2.75) is 24.8 Å². The Morgan fingerprint density at radius 3 is 2.59 bits per heavy atom. The summed E-state index contributed by atoms with van der Waals surface area (Å²) in [5.41, 5.74) is 2.84. The zero-order valence-electron chi connectivity index (χ0n) is 13.2. The molecule has 0 radical (unpaired) electrons. The Kier molecular flexibility index (Phi) is 4.13. The van der Waals surface area contributed by atoms with Gasteiger partial charge in [0, 0.05) is 32.3 Å². The molecule has 0 amide bonds. The zero-order chi connectivity index (χ0) is 15.4. The van der Waals surface area contributed by atoms with Crippen molar-refractivity contribution in [3.8, 4) is 0 Å². The first-order valence-corrected chi connectivity index (χ1v) is 7.70. The van der Waals surface area contributed by atoms with Gasteiger partial charge in [-0.25, -0.2) is 0 Å². The molecule has 0 bridgehead atoms. The quantitative estimate of drug-likeness (QED) is 0.654. The summed E-state index contributed by atoms with van der Waals surface area (Å²) in [7, 11) is 3.75. The number of aromatic nitrogens is 2. The first kappa shape index (κ1) is 14.6. The van der Waals surface area contributed by atoms with Gasteiger partial charge in [0.1, 0.15) is 0 Å². The maximum absolute atomic E-state index is 4.31. The number of aryl methyl sites for hydroxylation is 1. The SMILES string of the molecule is CN=C(NCc1ccnn1C)NCC1(c2ccccc2)CC1. The second kappa shape index (κ2) is 6.22. The van der Waals surface area contributed by atoms with Gasteiger partial charge in [-0.2, -0.15) is 5.10 Å². The highest BCUT2D eigenvalue weighted by molar-refractivity contribution is 5.79. The highest BCUT2D eigenvalue weighted by Crippen LogP contribution is 2.47. The maximum atomic E-state index is 4.31. The number of hydrogen-bond acceptors (Lipinski definition) is 2. The molecule has 116 valence electrons. The number of benzene rings is 1. The number of nitrogens with one attached hydrogen (secondary N) is 2. The molecule has 1 heterocycles. The molecule has 1 aromatic carbocycles. The molecule has 1 aliphatic rings. The third kappa shape index (κ3) is 3.13. The minimum Gasteiger partial charge on any atom is -0.356 e. The van der Waals surface area contributed by atoms with E-state index in [1.165, 1.54) is 18.4 Å². The van der Waals surface area contributed by atoms with Gasteiger partial charge in [0.25, 0.3) is 0 Å². The lowest BCUT2D eigenvalue weighted by molar-refractivity contribution is 0.637. The lowest BCUT2D eigenvalue weighted by Crippen LogP contribution is -2.41. The van der Waals surface area contributed by atoms with Crippen LogP contribution in [0.5, 0.6) is 0 Å². The van der Waals surface area contributed by atoms with Gasteiger partial charge in [-0.15, -0.1) is 0 Å². The topological polar surface area (TPSA) is 54.2 Å². The van der Waals surface area contributed by atoms with E-state index < -0.39 is 0 Å². The van der Waals surface area contributed by atoms with E-state index in [1.54, 1.807) is 7.05 Å². The van der Waals surface area contributed by atoms with Crippen LogP contribution in [0.15, 0.2) is 47.6 Å². The van der Waals surface area contributed by atoms with Crippen LogP contribution in [-0.4, -0.2) is 29.3 Å². The van der Waals surface area contributed by atoms with Crippen LogP contribution in [0.1, 0.15) is 24.1 Å². The molecule has 2 N–H and O–H groups in total. The van der Waals surface area contributed by atoms with Crippen molar-refractivity contribution in [3.05, 3.63) is 53.9 Å². The van der Waals surface area contributed by atoms with Crippen molar-refractivity contribution in [1.82, 2.24) is 20.4 Å². The summed E-state index contributed by atoms with van der Waals surface area (Å²) >= 11 is 0. The Hall–Kier alpha value is -2.30. The van der Waals surface area contributed by atoms with Crippen LogP contribution in [0.2, 0.25) is 0 Å². The van der Waals surface area contributed by atoms with Gasteiger partial charge in [0.15, 0.2) is 5.96 Å². The Labute approximate surface area is 131 Å². The number of guanidine groups is 1. The Balaban J connectivity index is 1.55. The molecule has 0 aliphatic heterocycles. The van der Waals surface area contributed by atoms with Crippen LogP contribution < -0.4 is 10.6 Å². The maximum Gasteiger partial charge on any atom is 0.191 e. The standard InChI is InChI=1S/C17H23N5/c1-18-16(19-12-15-8-11-21-22(15)2)20-13-17(9-10-17)14-6-4-3-5-7-14/h3-8,11H,9-10,12-13H2,1-2H3,(H2,18,19,20). The van der Waals surface area contributed by atoms with E-state index in [-0.39, 0.29) is 5.41 Å². The predicted molar refractivity (Wildman–Crippen MR) is 88.8 cm³/mol. The van der Waals surface area contributed by atoms with Gasteiger partial charge >= 0.3 is 0 Å². The molecule has 1 saturated carbocycles. The van der Waals surface area contributed by atoms with Gasteiger partial charge in [0.05, 0.1) is 12.2 Å². The van der Waals surface area contributed by atoms with Crippen LogP contribution in [0.25, 0.3) is 0 Å². The fourth-order valence-corrected chi connectivity index (χ4v) is 2.73. The Morgan fingerprint density at radius 2 is 2.00 bits per heavy atom. The molecule has 1 aliphatic carbocycles. The fraction of sp³-hybridized carbons (Fsp3) is 0.412. The summed E-state index contributed by atoms with van der Waals surface area (Å²) < 4.78 is 1.87. The van der Waals surface area contributed by atoms with Gasteiger partial charge in [0.2, 0.25) is 0 Å². The van der Waals surface area contributed by atoms with E-state index in [2.05, 4.69) is 51.1 Å². The van der Waals surface area contributed by atoms with E-state index in [0.717, 1.165) is 18.2 Å². The molecule has 1 aromatic heterocycles. The molecule has 22 heavy (non-hydrogen) atoms. The number of nitrogens with zero attached hydrogens (tertiary/aromatic N) is 3. The van der Waals surface area contributed by atoms with Crippen LogP contribution >= 0.6 is 0 Å². The summed E-state index contributed by atoms with van der Waals surface area (Å²) in [6.45, 7) is 1.64. The van der Waals surface area contributed by atoms with Crippen molar-refractivity contribution < 1.29 is 0 Å². The van der Waals surface area contributed by atoms with Crippen molar-refractivity contribution in [2.75, 3.05) is 13.6 Å².